The minimum atomic E-state index is -0.718. The van der Waals surface area contributed by atoms with E-state index in [2.05, 4.69) is 5.32 Å². The molecule has 108 valence electrons. The highest BCUT2D eigenvalue weighted by molar-refractivity contribution is 6.04. The molecule has 0 aliphatic carbocycles. The molecule has 0 radical (unpaired) electrons. The molecule has 0 spiro atoms. The van der Waals surface area contributed by atoms with Crippen LogP contribution in [0.25, 0.3) is 0 Å². The normalized spacial score (nSPS) is 16.6. The molecule has 1 aliphatic heterocycles. The number of amides is 3. The first-order valence-corrected chi connectivity index (χ1v) is 6.38. The maximum absolute atomic E-state index is 11.6. The summed E-state index contributed by atoms with van der Waals surface area (Å²) in [4.78, 5) is 35.2. The minimum absolute atomic E-state index is 0.172. The third kappa shape index (κ3) is 3.45. The number of imide groups is 1. The van der Waals surface area contributed by atoms with E-state index in [-0.39, 0.29) is 37.7 Å². The average Bonchev–Trinajstić information content (AvgIpc) is 3.04. The van der Waals surface area contributed by atoms with Crippen molar-refractivity contribution in [2.24, 2.45) is 0 Å². The molecule has 0 saturated carbocycles. The van der Waals surface area contributed by atoms with Crippen LogP contribution in [0.5, 0.6) is 0 Å². The maximum Gasteiger partial charge on any atom is 0.240 e. The molecule has 1 aromatic heterocycles. The monoisotopic (exact) mass is 280 g/mol. The van der Waals surface area contributed by atoms with Gasteiger partial charge in [-0.3, -0.25) is 19.3 Å². The lowest BCUT2D eigenvalue weighted by Gasteiger charge is -2.14. The molecule has 1 unspecified atom stereocenters. The maximum atomic E-state index is 11.6. The topological polar surface area (TPSA) is 99.9 Å². The van der Waals surface area contributed by atoms with Crippen molar-refractivity contribution in [2.75, 3.05) is 13.1 Å². The highest BCUT2D eigenvalue weighted by Gasteiger charge is 2.30. The Kier molecular flexibility index (Phi) is 4.52. The lowest BCUT2D eigenvalue weighted by atomic mass is 10.1. The summed E-state index contributed by atoms with van der Waals surface area (Å²) in [6, 6.07) is 1.65. The number of hydrogen-bond donors (Lipinski definition) is 2. The summed E-state index contributed by atoms with van der Waals surface area (Å²) in [5.41, 5.74) is 0.643. The summed E-state index contributed by atoms with van der Waals surface area (Å²) in [6.45, 7) is 0.000866. The van der Waals surface area contributed by atoms with E-state index in [1.165, 1.54) is 12.5 Å². The lowest BCUT2D eigenvalue weighted by molar-refractivity contribution is -0.142. The molecule has 0 aromatic carbocycles. The summed E-state index contributed by atoms with van der Waals surface area (Å²) in [7, 11) is 0. The minimum Gasteiger partial charge on any atom is -0.472 e. The molecular formula is C13H16N2O5. The fourth-order valence-corrected chi connectivity index (χ4v) is 1.98. The van der Waals surface area contributed by atoms with Crippen LogP contribution < -0.4 is 5.32 Å². The van der Waals surface area contributed by atoms with Crippen molar-refractivity contribution in [3.05, 3.63) is 24.2 Å². The van der Waals surface area contributed by atoms with Gasteiger partial charge in [0.15, 0.2) is 0 Å². The molecule has 1 saturated heterocycles. The van der Waals surface area contributed by atoms with Crippen molar-refractivity contribution in [1.82, 2.24) is 10.2 Å². The van der Waals surface area contributed by atoms with Crippen LogP contribution in [-0.2, 0) is 14.4 Å². The largest absolute Gasteiger partial charge is 0.472 e. The van der Waals surface area contributed by atoms with Gasteiger partial charge in [0.05, 0.1) is 18.6 Å². The molecule has 0 bridgehead atoms. The number of carbonyl (C=O) groups is 3. The quantitative estimate of drug-likeness (QED) is 0.713. The zero-order valence-corrected chi connectivity index (χ0v) is 10.9. The number of hydrogen-bond acceptors (Lipinski definition) is 5. The lowest BCUT2D eigenvalue weighted by Crippen LogP contribution is -2.40. The van der Waals surface area contributed by atoms with E-state index in [4.69, 9.17) is 4.42 Å². The molecule has 7 heteroatoms. The van der Waals surface area contributed by atoms with Crippen molar-refractivity contribution in [3.8, 4) is 0 Å². The van der Waals surface area contributed by atoms with Crippen molar-refractivity contribution in [2.45, 2.75) is 25.4 Å². The molecule has 1 aliphatic rings. The van der Waals surface area contributed by atoms with E-state index in [1.54, 1.807) is 6.07 Å². The summed E-state index contributed by atoms with van der Waals surface area (Å²) in [5, 5.41) is 12.3. The molecule has 2 rings (SSSR count). The Bertz CT molecular complexity index is 481. The van der Waals surface area contributed by atoms with Gasteiger partial charge in [-0.15, -0.1) is 0 Å². The molecule has 2 heterocycles. The molecule has 20 heavy (non-hydrogen) atoms. The van der Waals surface area contributed by atoms with Gasteiger partial charge in [0.2, 0.25) is 17.7 Å². The van der Waals surface area contributed by atoms with Crippen LogP contribution in [-0.4, -0.2) is 40.8 Å². The van der Waals surface area contributed by atoms with Crippen LogP contribution in [0.2, 0.25) is 0 Å². The fraction of sp³-hybridized carbons (Fsp3) is 0.462. The van der Waals surface area contributed by atoms with Crippen LogP contribution >= 0.6 is 0 Å². The molecule has 1 fully saturated rings. The Morgan fingerprint density at radius 1 is 1.40 bits per heavy atom. The second-order valence-electron chi connectivity index (χ2n) is 4.58. The van der Waals surface area contributed by atoms with E-state index >= 15 is 0 Å². The number of rotatable bonds is 6. The van der Waals surface area contributed by atoms with Gasteiger partial charge >= 0.3 is 0 Å². The smallest absolute Gasteiger partial charge is 0.240 e. The van der Waals surface area contributed by atoms with Crippen molar-refractivity contribution in [1.29, 1.82) is 0 Å². The summed E-state index contributed by atoms with van der Waals surface area (Å²) in [5.74, 6) is -1.04. The molecule has 7 nitrogen and oxygen atoms in total. The van der Waals surface area contributed by atoms with E-state index in [1.807, 2.05) is 0 Å². The number of likely N-dealkylation sites (tertiary alicyclic amines) is 1. The van der Waals surface area contributed by atoms with Crippen LogP contribution in [0.3, 0.4) is 0 Å². The van der Waals surface area contributed by atoms with Crippen molar-refractivity contribution in [3.63, 3.8) is 0 Å². The Balaban J connectivity index is 1.70. The third-order valence-corrected chi connectivity index (χ3v) is 3.12. The van der Waals surface area contributed by atoms with Gasteiger partial charge in [0.25, 0.3) is 0 Å². The fourth-order valence-electron chi connectivity index (χ4n) is 1.98. The Hall–Kier alpha value is -2.15. The van der Waals surface area contributed by atoms with Gasteiger partial charge in [-0.05, 0) is 12.5 Å². The van der Waals surface area contributed by atoms with Crippen molar-refractivity contribution >= 4 is 17.7 Å². The number of aliphatic hydroxyl groups is 1. The van der Waals surface area contributed by atoms with E-state index in [0.29, 0.717) is 12.0 Å². The number of carbonyl (C=O) groups excluding carboxylic acids is 3. The van der Waals surface area contributed by atoms with Crippen LogP contribution in [0.1, 0.15) is 30.9 Å². The number of aliphatic hydroxyl groups excluding tert-OH is 1. The average molecular weight is 280 g/mol. The second-order valence-corrected chi connectivity index (χ2v) is 4.58. The predicted molar refractivity (Wildman–Crippen MR) is 67.2 cm³/mol. The first-order chi connectivity index (χ1) is 9.58. The van der Waals surface area contributed by atoms with Crippen LogP contribution in [0, 0.1) is 0 Å². The standard InChI is InChI=1S/C13H16N2O5/c16-10(9-4-6-20-8-9)3-5-14-11(17)7-15-12(18)1-2-13(15)19/h4,6,8,10,16H,1-3,5,7H2,(H,14,17). The highest BCUT2D eigenvalue weighted by atomic mass is 16.3. The van der Waals surface area contributed by atoms with Gasteiger partial charge in [-0.25, -0.2) is 0 Å². The van der Waals surface area contributed by atoms with Crippen molar-refractivity contribution < 1.29 is 23.9 Å². The number of nitrogens with one attached hydrogen (secondary N) is 1. The number of nitrogens with zero attached hydrogens (tertiary/aromatic N) is 1. The highest BCUT2D eigenvalue weighted by Crippen LogP contribution is 2.15. The number of furan rings is 1. The summed E-state index contributed by atoms with van der Waals surface area (Å²) >= 11 is 0. The van der Waals surface area contributed by atoms with Gasteiger partial charge in [-0.2, -0.15) is 0 Å². The van der Waals surface area contributed by atoms with Gasteiger partial charge in [0, 0.05) is 24.9 Å². The molecule has 1 atom stereocenters. The second kappa shape index (κ2) is 6.33. The van der Waals surface area contributed by atoms with Gasteiger partial charge < -0.3 is 14.8 Å². The third-order valence-electron chi connectivity index (χ3n) is 3.12. The van der Waals surface area contributed by atoms with Crippen LogP contribution in [0.4, 0.5) is 0 Å². The summed E-state index contributed by atoms with van der Waals surface area (Å²) in [6.07, 6.45) is 2.85. The van der Waals surface area contributed by atoms with E-state index < -0.39 is 12.0 Å². The zero-order valence-electron chi connectivity index (χ0n) is 10.9. The predicted octanol–water partition coefficient (Wildman–Crippen LogP) is -0.0317. The Labute approximate surface area is 115 Å². The Morgan fingerprint density at radius 2 is 2.10 bits per heavy atom. The summed E-state index contributed by atoms with van der Waals surface area (Å²) < 4.78 is 4.85. The Morgan fingerprint density at radius 3 is 2.70 bits per heavy atom. The zero-order chi connectivity index (χ0) is 14.5. The molecular weight excluding hydrogens is 264 g/mol. The first kappa shape index (κ1) is 14.3. The van der Waals surface area contributed by atoms with Gasteiger partial charge in [-0.1, -0.05) is 0 Å². The van der Waals surface area contributed by atoms with E-state index in [0.717, 1.165) is 4.90 Å². The van der Waals surface area contributed by atoms with Gasteiger partial charge in [0.1, 0.15) is 6.54 Å². The molecule has 3 amide bonds. The van der Waals surface area contributed by atoms with Crippen LogP contribution in [0.15, 0.2) is 23.0 Å². The SMILES string of the molecule is O=C(CN1C(=O)CCC1=O)NCCC(O)c1ccoc1. The first-order valence-electron chi connectivity index (χ1n) is 6.38. The van der Waals surface area contributed by atoms with E-state index in [9.17, 15) is 19.5 Å². The molecule has 2 N–H and O–H groups in total. The molecule has 1 aromatic rings.